The summed E-state index contributed by atoms with van der Waals surface area (Å²) in [6.45, 7) is 3.50. The Labute approximate surface area is 92.0 Å². The first-order valence-electron chi connectivity index (χ1n) is 4.72. The molecule has 4 nitrogen and oxygen atoms in total. The highest BCUT2D eigenvalue weighted by atomic mass is 19.1. The van der Waals surface area contributed by atoms with Gasteiger partial charge in [-0.3, -0.25) is 0 Å². The van der Waals surface area contributed by atoms with Crippen LogP contribution in [0.2, 0.25) is 0 Å². The molecular formula is C11H9FN4. The monoisotopic (exact) mass is 216 g/mol. The fourth-order valence-electron chi connectivity index (χ4n) is 1.52. The summed E-state index contributed by atoms with van der Waals surface area (Å²) in [5.74, 6) is 0.812. The maximum atomic E-state index is 13.1. The second kappa shape index (κ2) is 3.74. The van der Waals surface area contributed by atoms with Gasteiger partial charge in [0, 0.05) is 6.07 Å². The van der Waals surface area contributed by atoms with Crippen molar-refractivity contribution in [3.8, 4) is 11.8 Å². The van der Waals surface area contributed by atoms with Crippen molar-refractivity contribution >= 4 is 0 Å². The SMILES string of the molecule is Cc1nc(C)n(-c2cc(F)ccc2C#N)n1. The molecule has 0 N–H and O–H groups in total. The van der Waals surface area contributed by atoms with Gasteiger partial charge in [-0.25, -0.2) is 14.1 Å². The van der Waals surface area contributed by atoms with Gasteiger partial charge in [0.25, 0.3) is 0 Å². The zero-order valence-electron chi connectivity index (χ0n) is 8.90. The molecule has 0 amide bonds. The van der Waals surface area contributed by atoms with E-state index in [1.807, 2.05) is 6.07 Å². The third-order valence-corrected chi connectivity index (χ3v) is 2.18. The first kappa shape index (κ1) is 10.3. The summed E-state index contributed by atoms with van der Waals surface area (Å²) in [7, 11) is 0. The Hall–Kier alpha value is -2.22. The molecular weight excluding hydrogens is 207 g/mol. The molecule has 0 aliphatic heterocycles. The van der Waals surface area contributed by atoms with E-state index >= 15 is 0 Å². The van der Waals surface area contributed by atoms with E-state index in [0.717, 1.165) is 0 Å². The highest BCUT2D eigenvalue weighted by Gasteiger charge is 2.10. The van der Waals surface area contributed by atoms with Gasteiger partial charge in [-0.15, -0.1) is 0 Å². The minimum atomic E-state index is -0.401. The Morgan fingerprint density at radius 1 is 1.38 bits per heavy atom. The molecule has 5 heteroatoms. The predicted molar refractivity (Wildman–Crippen MR) is 55.5 cm³/mol. The first-order chi connectivity index (χ1) is 7.61. The van der Waals surface area contributed by atoms with Crippen molar-refractivity contribution in [2.75, 3.05) is 0 Å². The van der Waals surface area contributed by atoms with Crippen LogP contribution in [0.4, 0.5) is 4.39 Å². The zero-order valence-corrected chi connectivity index (χ0v) is 8.90. The van der Waals surface area contributed by atoms with Crippen LogP contribution in [0, 0.1) is 31.0 Å². The predicted octanol–water partition coefficient (Wildman–Crippen LogP) is 1.89. The molecule has 1 aromatic heterocycles. The maximum absolute atomic E-state index is 13.1. The Bertz CT molecular complexity index is 580. The van der Waals surface area contributed by atoms with Crippen LogP contribution in [0.3, 0.4) is 0 Å². The second-order valence-corrected chi connectivity index (χ2v) is 3.39. The molecule has 0 radical (unpaired) electrons. The van der Waals surface area contributed by atoms with Crippen molar-refractivity contribution in [2.45, 2.75) is 13.8 Å². The molecule has 0 unspecified atom stereocenters. The van der Waals surface area contributed by atoms with Gasteiger partial charge in [0.2, 0.25) is 0 Å². The topological polar surface area (TPSA) is 54.5 Å². The Kier molecular flexibility index (Phi) is 2.41. The molecule has 1 heterocycles. The fraction of sp³-hybridized carbons (Fsp3) is 0.182. The summed E-state index contributed by atoms with van der Waals surface area (Å²) in [5, 5.41) is 13.1. The van der Waals surface area contributed by atoms with E-state index in [2.05, 4.69) is 10.1 Å². The molecule has 0 spiro atoms. The van der Waals surface area contributed by atoms with Gasteiger partial charge >= 0.3 is 0 Å². The van der Waals surface area contributed by atoms with Crippen molar-refractivity contribution in [1.29, 1.82) is 5.26 Å². The summed E-state index contributed by atoms with van der Waals surface area (Å²) in [5.41, 5.74) is 0.787. The van der Waals surface area contributed by atoms with E-state index in [1.54, 1.807) is 13.8 Å². The summed E-state index contributed by atoms with van der Waals surface area (Å²) >= 11 is 0. The normalized spacial score (nSPS) is 10.1. The summed E-state index contributed by atoms with van der Waals surface area (Å²) in [4.78, 5) is 4.11. The van der Waals surface area contributed by atoms with E-state index in [1.165, 1.54) is 22.9 Å². The fourth-order valence-corrected chi connectivity index (χ4v) is 1.52. The molecule has 0 aliphatic carbocycles. The van der Waals surface area contributed by atoms with E-state index in [4.69, 9.17) is 5.26 Å². The first-order valence-corrected chi connectivity index (χ1v) is 4.72. The lowest BCUT2D eigenvalue weighted by atomic mass is 10.2. The van der Waals surface area contributed by atoms with Crippen molar-refractivity contribution in [3.63, 3.8) is 0 Å². The minimum Gasteiger partial charge on any atom is -0.217 e. The van der Waals surface area contributed by atoms with Crippen LogP contribution < -0.4 is 0 Å². The lowest BCUT2D eigenvalue weighted by Crippen LogP contribution is -2.02. The van der Waals surface area contributed by atoms with E-state index in [0.29, 0.717) is 22.9 Å². The standard InChI is InChI=1S/C11H9FN4/c1-7-14-8(2)16(15-7)11-5-10(12)4-3-9(11)6-13/h3-5H,1-2H3. The van der Waals surface area contributed by atoms with Crippen LogP contribution in [-0.2, 0) is 0 Å². The highest BCUT2D eigenvalue weighted by molar-refractivity contribution is 5.48. The van der Waals surface area contributed by atoms with Crippen LogP contribution >= 0.6 is 0 Å². The van der Waals surface area contributed by atoms with Crippen molar-refractivity contribution in [3.05, 3.63) is 41.2 Å². The molecule has 0 saturated heterocycles. The third kappa shape index (κ3) is 1.65. The van der Waals surface area contributed by atoms with E-state index in [-0.39, 0.29) is 0 Å². The molecule has 80 valence electrons. The van der Waals surface area contributed by atoms with Gasteiger partial charge in [0.1, 0.15) is 23.5 Å². The Morgan fingerprint density at radius 2 is 2.12 bits per heavy atom. The average molecular weight is 216 g/mol. The summed E-state index contributed by atoms with van der Waals surface area (Å²) < 4.78 is 14.6. The van der Waals surface area contributed by atoms with Gasteiger partial charge in [-0.2, -0.15) is 10.4 Å². The molecule has 0 bridgehead atoms. The number of aryl methyl sites for hydroxylation is 2. The smallest absolute Gasteiger partial charge is 0.148 e. The summed E-state index contributed by atoms with van der Waals surface area (Å²) in [6.07, 6.45) is 0. The number of nitriles is 1. The third-order valence-electron chi connectivity index (χ3n) is 2.18. The lowest BCUT2D eigenvalue weighted by Gasteiger charge is -2.04. The molecule has 1 aromatic carbocycles. The Morgan fingerprint density at radius 3 is 2.69 bits per heavy atom. The van der Waals surface area contributed by atoms with Gasteiger partial charge in [0.05, 0.1) is 11.3 Å². The van der Waals surface area contributed by atoms with Crippen molar-refractivity contribution < 1.29 is 4.39 Å². The van der Waals surface area contributed by atoms with Gasteiger partial charge in [-0.05, 0) is 26.0 Å². The van der Waals surface area contributed by atoms with E-state index < -0.39 is 5.82 Å². The van der Waals surface area contributed by atoms with Crippen LogP contribution in [0.15, 0.2) is 18.2 Å². The molecule has 0 atom stereocenters. The Balaban J connectivity index is 2.68. The number of aromatic nitrogens is 3. The second-order valence-electron chi connectivity index (χ2n) is 3.39. The van der Waals surface area contributed by atoms with Gasteiger partial charge in [0.15, 0.2) is 0 Å². The number of hydrogen-bond donors (Lipinski definition) is 0. The van der Waals surface area contributed by atoms with Crippen molar-refractivity contribution in [2.24, 2.45) is 0 Å². The largest absolute Gasteiger partial charge is 0.217 e. The molecule has 0 saturated carbocycles. The quantitative estimate of drug-likeness (QED) is 0.731. The van der Waals surface area contributed by atoms with E-state index in [9.17, 15) is 4.39 Å². The number of halogens is 1. The highest BCUT2D eigenvalue weighted by Crippen LogP contribution is 2.16. The van der Waals surface area contributed by atoms with Crippen LogP contribution in [-0.4, -0.2) is 14.8 Å². The average Bonchev–Trinajstić information content (AvgIpc) is 2.57. The molecule has 0 fully saturated rings. The minimum absolute atomic E-state index is 0.370. The van der Waals surface area contributed by atoms with Gasteiger partial charge in [-0.1, -0.05) is 0 Å². The number of benzene rings is 1. The molecule has 2 aromatic rings. The van der Waals surface area contributed by atoms with Gasteiger partial charge < -0.3 is 0 Å². The van der Waals surface area contributed by atoms with Crippen LogP contribution in [0.25, 0.3) is 5.69 Å². The number of hydrogen-bond acceptors (Lipinski definition) is 3. The van der Waals surface area contributed by atoms with Crippen molar-refractivity contribution in [1.82, 2.24) is 14.8 Å². The number of nitrogens with zero attached hydrogens (tertiary/aromatic N) is 4. The zero-order chi connectivity index (χ0) is 11.7. The summed E-state index contributed by atoms with van der Waals surface area (Å²) in [6, 6.07) is 5.96. The molecule has 2 rings (SSSR count). The van der Waals surface area contributed by atoms with Crippen LogP contribution in [0.1, 0.15) is 17.2 Å². The molecule has 16 heavy (non-hydrogen) atoms. The van der Waals surface area contributed by atoms with Crippen LogP contribution in [0.5, 0.6) is 0 Å². The number of rotatable bonds is 1. The molecule has 0 aliphatic rings. The lowest BCUT2D eigenvalue weighted by molar-refractivity contribution is 0.624. The maximum Gasteiger partial charge on any atom is 0.148 e.